The summed E-state index contributed by atoms with van der Waals surface area (Å²) >= 11 is 0. The molecule has 8 heteroatoms. The molecule has 0 saturated carbocycles. The summed E-state index contributed by atoms with van der Waals surface area (Å²) in [5.74, 6) is 1.38. The van der Waals surface area contributed by atoms with E-state index < -0.39 is 0 Å². The molecule has 4 rings (SSSR count). The Labute approximate surface area is 156 Å². The Bertz CT molecular complexity index is 1070. The Morgan fingerprint density at radius 1 is 1.15 bits per heavy atom. The van der Waals surface area contributed by atoms with Gasteiger partial charge in [-0.2, -0.15) is 5.10 Å². The van der Waals surface area contributed by atoms with Gasteiger partial charge in [-0.25, -0.2) is 9.67 Å². The third-order valence-corrected chi connectivity index (χ3v) is 4.96. The molecule has 27 heavy (non-hydrogen) atoms. The Morgan fingerprint density at radius 2 is 2.04 bits per heavy atom. The molecular weight excluding hydrogens is 344 g/mol. The van der Waals surface area contributed by atoms with Crippen LogP contribution in [0.25, 0.3) is 5.65 Å². The standard InChI is InChI=1S/C19H22N6O2/c1-23-18(26)9-8-17(22-23)24-10-4-2-6-14(24)13-20-15-12-19(27)25-11-5-3-7-16(25)21-15/h3,5,7-9,11-12,14,20H,2,4,6,10,13H2,1H3. The highest BCUT2D eigenvalue weighted by Gasteiger charge is 2.24. The number of pyridine rings is 1. The maximum atomic E-state index is 12.2. The smallest absolute Gasteiger partial charge is 0.266 e. The molecule has 0 amide bonds. The molecular formula is C19H22N6O2. The molecule has 3 aromatic rings. The van der Waals surface area contributed by atoms with Gasteiger partial charge in [-0.3, -0.25) is 14.0 Å². The van der Waals surface area contributed by atoms with Gasteiger partial charge in [0.1, 0.15) is 17.3 Å². The lowest BCUT2D eigenvalue weighted by molar-refractivity contribution is 0.464. The lowest BCUT2D eigenvalue weighted by Gasteiger charge is -2.36. The van der Waals surface area contributed by atoms with Crippen LogP contribution in [0.15, 0.2) is 52.2 Å². The van der Waals surface area contributed by atoms with E-state index in [2.05, 4.69) is 20.3 Å². The molecule has 0 aromatic carbocycles. The van der Waals surface area contributed by atoms with E-state index in [1.54, 1.807) is 25.4 Å². The van der Waals surface area contributed by atoms with Crippen LogP contribution >= 0.6 is 0 Å². The van der Waals surface area contributed by atoms with Crippen LogP contribution in [0.4, 0.5) is 11.6 Å². The maximum absolute atomic E-state index is 12.2. The van der Waals surface area contributed by atoms with Gasteiger partial charge in [0.25, 0.3) is 11.1 Å². The zero-order valence-electron chi connectivity index (χ0n) is 15.2. The van der Waals surface area contributed by atoms with Crippen molar-refractivity contribution < 1.29 is 0 Å². The zero-order valence-corrected chi connectivity index (χ0v) is 15.2. The summed E-state index contributed by atoms with van der Waals surface area (Å²) in [7, 11) is 1.66. The van der Waals surface area contributed by atoms with Crippen molar-refractivity contribution in [2.45, 2.75) is 25.3 Å². The second-order valence-corrected chi connectivity index (χ2v) is 6.79. The second-order valence-electron chi connectivity index (χ2n) is 6.79. The predicted octanol–water partition coefficient (Wildman–Crippen LogP) is 1.26. The van der Waals surface area contributed by atoms with Gasteiger partial charge >= 0.3 is 0 Å². The van der Waals surface area contributed by atoms with Crippen molar-refractivity contribution >= 4 is 17.3 Å². The molecule has 8 nitrogen and oxygen atoms in total. The number of hydrogen-bond acceptors (Lipinski definition) is 6. The Morgan fingerprint density at radius 3 is 2.89 bits per heavy atom. The number of hydrogen-bond donors (Lipinski definition) is 1. The Hall–Kier alpha value is -3.16. The van der Waals surface area contributed by atoms with Crippen LogP contribution in [-0.2, 0) is 7.05 Å². The molecule has 1 atom stereocenters. The van der Waals surface area contributed by atoms with Crippen LogP contribution in [-0.4, -0.2) is 38.3 Å². The van der Waals surface area contributed by atoms with Crippen molar-refractivity contribution in [2.24, 2.45) is 7.05 Å². The number of piperidine rings is 1. The molecule has 0 aliphatic carbocycles. The molecule has 3 aromatic heterocycles. The first-order valence-electron chi connectivity index (χ1n) is 9.15. The SMILES string of the molecule is Cn1nc(N2CCCCC2CNc2cc(=O)n3ccccc3n2)ccc1=O. The summed E-state index contributed by atoms with van der Waals surface area (Å²) in [6.07, 6.45) is 4.96. The molecule has 1 unspecified atom stereocenters. The molecule has 1 fully saturated rings. The molecule has 1 N–H and O–H groups in total. The van der Waals surface area contributed by atoms with Gasteiger partial charge in [-0.15, -0.1) is 0 Å². The summed E-state index contributed by atoms with van der Waals surface area (Å²) in [6.45, 7) is 1.55. The summed E-state index contributed by atoms with van der Waals surface area (Å²) < 4.78 is 2.88. The molecule has 4 heterocycles. The van der Waals surface area contributed by atoms with E-state index in [-0.39, 0.29) is 17.2 Å². The van der Waals surface area contributed by atoms with Gasteiger partial charge < -0.3 is 10.2 Å². The third-order valence-electron chi connectivity index (χ3n) is 4.96. The van der Waals surface area contributed by atoms with E-state index >= 15 is 0 Å². The van der Waals surface area contributed by atoms with Crippen molar-refractivity contribution in [1.29, 1.82) is 0 Å². The average molecular weight is 366 g/mol. The number of nitrogens with one attached hydrogen (secondary N) is 1. The van der Waals surface area contributed by atoms with E-state index in [0.717, 1.165) is 31.6 Å². The first-order chi connectivity index (χ1) is 13.1. The maximum Gasteiger partial charge on any atom is 0.266 e. The van der Waals surface area contributed by atoms with Gasteiger partial charge in [-0.05, 0) is 37.5 Å². The number of aryl methyl sites for hydroxylation is 1. The molecule has 0 spiro atoms. The van der Waals surface area contributed by atoms with Crippen molar-refractivity contribution in [3.8, 4) is 0 Å². The van der Waals surface area contributed by atoms with Crippen molar-refractivity contribution in [2.75, 3.05) is 23.3 Å². The summed E-state index contributed by atoms with van der Waals surface area (Å²) in [6, 6.07) is 10.6. The monoisotopic (exact) mass is 366 g/mol. The van der Waals surface area contributed by atoms with Gasteiger partial charge in [-0.1, -0.05) is 6.07 Å². The number of nitrogens with zero attached hydrogens (tertiary/aromatic N) is 5. The summed E-state index contributed by atoms with van der Waals surface area (Å²) in [5, 5.41) is 7.70. The minimum atomic E-state index is -0.119. The highest BCUT2D eigenvalue weighted by molar-refractivity contribution is 5.47. The van der Waals surface area contributed by atoms with E-state index in [4.69, 9.17) is 0 Å². The normalized spacial score (nSPS) is 17.2. The highest BCUT2D eigenvalue weighted by Crippen LogP contribution is 2.22. The first kappa shape index (κ1) is 17.3. The van der Waals surface area contributed by atoms with Crippen LogP contribution in [0.3, 0.4) is 0 Å². The number of fused-ring (bicyclic) bond motifs is 1. The Balaban J connectivity index is 1.54. The first-order valence-corrected chi connectivity index (χ1v) is 9.15. The van der Waals surface area contributed by atoms with Gasteiger partial charge in [0.15, 0.2) is 0 Å². The minimum absolute atomic E-state index is 0.108. The fraction of sp³-hybridized carbons (Fsp3) is 0.368. The van der Waals surface area contributed by atoms with E-state index in [1.165, 1.54) is 15.1 Å². The fourth-order valence-electron chi connectivity index (χ4n) is 3.52. The molecule has 1 saturated heterocycles. The molecule has 1 aliphatic rings. The number of rotatable bonds is 4. The Kier molecular flexibility index (Phi) is 4.62. The van der Waals surface area contributed by atoms with E-state index in [0.29, 0.717) is 18.0 Å². The van der Waals surface area contributed by atoms with Crippen molar-refractivity contribution in [3.05, 3.63) is 63.3 Å². The molecule has 0 radical (unpaired) electrons. The number of anilines is 2. The average Bonchev–Trinajstić information content (AvgIpc) is 2.69. The van der Waals surface area contributed by atoms with Crippen molar-refractivity contribution in [3.63, 3.8) is 0 Å². The quantitative estimate of drug-likeness (QED) is 0.748. The van der Waals surface area contributed by atoms with Crippen LogP contribution in [0.5, 0.6) is 0 Å². The third kappa shape index (κ3) is 3.55. The minimum Gasteiger partial charge on any atom is -0.368 e. The van der Waals surface area contributed by atoms with Crippen LogP contribution in [0.2, 0.25) is 0 Å². The van der Waals surface area contributed by atoms with Gasteiger partial charge in [0, 0.05) is 44.5 Å². The van der Waals surface area contributed by atoms with Gasteiger partial charge in [0.05, 0.1) is 0 Å². The molecule has 1 aliphatic heterocycles. The predicted molar refractivity (Wildman–Crippen MR) is 104 cm³/mol. The highest BCUT2D eigenvalue weighted by atomic mass is 16.1. The lowest BCUT2D eigenvalue weighted by atomic mass is 10.0. The van der Waals surface area contributed by atoms with Crippen molar-refractivity contribution in [1.82, 2.24) is 19.2 Å². The van der Waals surface area contributed by atoms with Crippen LogP contribution in [0.1, 0.15) is 19.3 Å². The summed E-state index contributed by atoms with van der Waals surface area (Å²) in [4.78, 5) is 30.6. The van der Waals surface area contributed by atoms with E-state index in [1.807, 2.05) is 18.2 Å². The molecule has 140 valence electrons. The summed E-state index contributed by atoms with van der Waals surface area (Å²) in [5.41, 5.74) is 0.391. The van der Waals surface area contributed by atoms with Crippen LogP contribution < -0.4 is 21.3 Å². The lowest BCUT2D eigenvalue weighted by Crippen LogP contribution is -2.45. The number of aromatic nitrogens is 4. The second kappa shape index (κ2) is 7.22. The van der Waals surface area contributed by atoms with E-state index in [9.17, 15) is 9.59 Å². The van der Waals surface area contributed by atoms with Crippen LogP contribution in [0, 0.1) is 0 Å². The van der Waals surface area contributed by atoms with Gasteiger partial charge in [0.2, 0.25) is 0 Å². The topological polar surface area (TPSA) is 84.5 Å². The largest absolute Gasteiger partial charge is 0.368 e. The zero-order chi connectivity index (χ0) is 18.8. The fourth-order valence-corrected chi connectivity index (χ4v) is 3.52. The molecule has 0 bridgehead atoms.